The van der Waals surface area contributed by atoms with Gasteiger partial charge in [-0.1, -0.05) is 17.7 Å². The minimum atomic E-state index is -0.500. The third-order valence-corrected chi connectivity index (χ3v) is 3.74. The average molecular weight is 256 g/mol. The second-order valence-electron chi connectivity index (χ2n) is 3.55. The molecule has 0 fully saturated rings. The van der Waals surface area contributed by atoms with Gasteiger partial charge in [0, 0.05) is 15.5 Å². The van der Waals surface area contributed by atoms with E-state index in [4.69, 9.17) is 17.3 Å². The SMILES string of the molecule is Cc1sccc1C(N)c1c(F)cccc1Cl. The minimum Gasteiger partial charge on any atom is -0.320 e. The quantitative estimate of drug-likeness (QED) is 0.866. The van der Waals surface area contributed by atoms with Crippen molar-refractivity contribution in [1.29, 1.82) is 0 Å². The molecule has 1 aromatic carbocycles. The zero-order valence-electron chi connectivity index (χ0n) is 8.71. The first-order valence-electron chi connectivity index (χ1n) is 4.84. The average Bonchev–Trinajstić information content (AvgIpc) is 2.64. The lowest BCUT2D eigenvalue weighted by atomic mass is 10.00. The van der Waals surface area contributed by atoms with E-state index in [0.29, 0.717) is 10.6 Å². The van der Waals surface area contributed by atoms with Crippen molar-refractivity contribution >= 4 is 22.9 Å². The molecule has 0 aliphatic carbocycles. The first-order valence-corrected chi connectivity index (χ1v) is 6.10. The summed E-state index contributed by atoms with van der Waals surface area (Å²) in [6.07, 6.45) is 0. The zero-order chi connectivity index (χ0) is 11.7. The first kappa shape index (κ1) is 11.6. The van der Waals surface area contributed by atoms with Crippen molar-refractivity contribution in [2.45, 2.75) is 13.0 Å². The molecule has 0 aliphatic rings. The fourth-order valence-electron chi connectivity index (χ4n) is 1.68. The molecule has 84 valence electrons. The summed E-state index contributed by atoms with van der Waals surface area (Å²) in [5.74, 6) is -0.356. The van der Waals surface area contributed by atoms with E-state index < -0.39 is 6.04 Å². The summed E-state index contributed by atoms with van der Waals surface area (Å²) in [5, 5.41) is 2.32. The molecule has 0 saturated heterocycles. The largest absolute Gasteiger partial charge is 0.320 e. The Hall–Kier alpha value is -0.900. The fourth-order valence-corrected chi connectivity index (χ4v) is 2.71. The van der Waals surface area contributed by atoms with Crippen molar-refractivity contribution in [1.82, 2.24) is 0 Å². The summed E-state index contributed by atoms with van der Waals surface area (Å²) < 4.78 is 13.7. The Morgan fingerprint density at radius 2 is 2.12 bits per heavy atom. The van der Waals surface area contributed by atoms with E-state index in [0.717, 1.165) is 10.4 Å². The van der Waals surface area contributed by atoms with Crippen LogP contribution in [0.15, 0.2) is 29.6 Å². The van der Waals surface area contributed by atoms with Crippen molar-refractivity contribution in [2.24, 2.45) is 5.73 Å². The highest BCUT2D eigenvalue weighted by molar-refractivity contribution is 7.10. The van der Waals surface area contributed by atoms with E-state index in [1.165, 1.54) is 6.07 Å². The van der Waals surface area contributed by atoms with Crippen LogP contribution in [0.1, 0.15) is 22.0 Å². The van der Waals surface area contributed by atoms with Crippen molar-refractivity contribution in [2.75, 3.05) is 0 Å². The highest BCUT2D eigenvalue weighted by Crippen LogP contribution is 2.31. The Morgan fingerprint density at radius 1 is 1.38 bits per heavy atom. The van der Waals surface area contributed by atoms with Crippen molar-refractivity contribution in [3.8, 4) is 0 Å². The lowest BCUT2D eigenvalue weighted by molar-refractivity contribution is 0.600. The van der Waals surface area contributed by atoms with Crippen LogP contribution in [0.4, 0.5) is 4.39 Å². The molecule has 0 saturated carbocycles. The van der Waals surface area contributed by atoms with Crippen LogP contribution in [-0.4, -0.2) is 0 Å². The van der Waals surface area contributed by atoms with E-state index in [1.807, 2.05) is 18.4 Å². The molecule has 0 aliphatic heterocycles. The van der Waals surface area contributed by atoms with Crippen LogP contribution in [0.3, 0.4) is 0 Å². The van der Waals surface area contributed by atoms with Crippen molar-refractivity contribution in [3.63, 3.8) is 0 Å². The molecule has 16 heavy (non-hydrogen) atoms. The molecule has 1 unspecified atom stereocenters. The van der Waals surface area contributed by atoms with E-state index >= 15 is 0 Å². The van der Waals surface area contributed by atoms with Gasteiger partial charge in [0.25, 0.3) is 0 Å². The highest BCUT2D eigenvalue weighted by Gasteiger charge is 2.18. The van der Waals surface area contributed by atoms with Crippen LogP contribution in [0.2, 0.25) is 5.02 Å². The van der Waals surface area contributed by atoms with Gasteiger partial charge in [0.05, 0.1) is 6.04 Å². The van der Waals surface area contributed by atoms with Gasteiger partial charge in [-0.05, 0) is 36.1 Å². The molecule has 2 N–H and O–H groups in total. The Bertz CT molecular complexity index is 489. The predicted molar refractivity (Wildman–Crippen MR) is 66.5 cm³/mol. The topological polar surface area (TPSA) is 26.0 Å². The van der Waals surface area contributed by atoms with Gasteiger partial charge >= 0.3 is 0 Å². The molecule has 0 radical (unpaired) electrons. The molecule has 1 nitrogen and oxygen atoms in total. The number of hydrogen-bond acceptors (Lipinski definition) is 2. The third-order valence-electron chi connectivity index (χ3n) is 2.54. The molecule has 0 bridgehead atoms. The predicted octanol–water partition coefficient (Wildman–Crippen LogP) is 3.90. The molecule has 2 rings (SSSR count). The molecule has 4 heteroatoms. The highest BCUT2D eigenvalue weighted by atomic mass is 35.5. The number of hydrogen-bond donors (Lipinski definition) is 1. The normalized spacial score (nSPS) is 12.8. The van der Waals surface area contributed by atoms with Gasteiger partial charge in [-0.3, -0.25) is 0 Å². The molecule has 2 aromatic rings. The van der Waals surface area contributed by atoms with Crippen LogP contribution in [0, 0.1) is 12.7 Å². The van der Waals surface area contributed by atoms with Crippen LogP contribution in [0.5, 0.6) is 0 Å². The maximum Gasteiger partial charge on any atom is 0.129 e. The standard InChI is InChI=1S/C12H11ClFNS/c1-7-8(5-6-16-7)12(15)11-9(13)3-2-4-10(11)14/h2-6,12H,15H2,1H3. The monoisotopic (exact) mass is 255 g/mol. The molecule has 1 atom stereocenters. The number of rotatable bonds is 2. The Balaban J connectivity index is 2.49. The summed E-state index contributed by atoms with van der Waals surface area (Å²) in [7, 11) is 0. The first-order chi connectivity index (χ1) is 7.61. The zero-order valence-corrected chi connectivity index (χ0v) is 10.3. The van der Waals surface area contributed by atoms with E-state index in [-0.39, 0.29) is 5.82 Å². The van der Waals surface area contributed by atoms with Crippen LogP contribution >= 0.6 is 22.9 Å². The second kappa shape index (κ2) is 4.53. The number of aryl methyl sites for hydroxylation is 1. The van der Waals surface area contributed by atoms with Gasteiger partial charge in [0.1, 0.15) is 5.82 Å². The number of halogens is 2. The third kappa shape index (κ3) is 1.98. The Labute approximate surface area is 103 Å². The molecule has 1 heterocycles. The van der Waals surface area contributed by atoms with Gasteiger partial charge in [0.15, 0.2) is 0 Å². The lowest BCUT2D eigenvalue weighted by Gasteiger charge is -2.14. The van der Waals surface area contributed by atoms with E-state index in [2.05, 4.69) is 0 Å². The van der Waals surface area contributed by atoms with Crippen molar-refractivity contribution < 1.29 is 4.39 Å². The number of benzene rings is 1. The molecular formula is C12H11ClFNS. The van der Waals surface area contributed by atoms with E-state index in [1.54, 1.807) is 23.5 Å². The summed E-state index contributed by atoms with van der Waals surface area (Å²) in [6, 6.07) is 6.02. The van der Waals surface area contributed by atoms with Crippen LogP contribution in [-0.2, 0) is 0 Å². The maximum atomic E-state index is 13.7. The molecule has 0 spiro atoms. The van der Waals surface area contributed by atoms with Gasteiger partial charge < -0.3 is 5.73 Å². The molecular weight excluding hydrogens is 245 g/mol. The van der Waals surface area contributed by atoms with E-state index in [9.17, 15) is 4.39 Å². The smallest absolute Gasteiger partial charge is 0.129 e. The number of nitrogens with two attached hydrogens (primary N) is 1. The van der Waals surface area contributed by atoms with Crippen LogP contribution in [0.25, 0.3) is 0 Å². The second-order valence-corrected chi connectivity index (χ2v) is 5.07. The minimum absolute atomic E-state index is 0.356. The van der Waals surface area contributed by atoms with Gasteiger partial charge in [-0.25, -0.2) is 4.39 Å². The van der Waals surface area contributed by atoms with Crippen LogP contribution < -0.4 is 5.73 Å². The lowest BCUT2D eigenvalue weighted by Crippen LogP contribution is -2.14. The molecule has 0 amide bonds. The summed E-state index contributed by atoms with van der Waals surface area (Å²) in [6.45, 7) is 1.97. The van der Waals surface area contributed by atoms with Crippen molar-refractivity contribution in [3.05, 3.63) is 56.5 Å². The fraction of sp³-hybridized carbons (Fsp3) is 0.167. The Morgan fingerprint density at radius 3 is 2.69 bits per heavy atom. The van der Waals surface area contributed by atoms with Gasteiger partial charge in [-0.2, -0.15) is 0 Å². The maximum absolute atomic E-state index is 13.7. The summed E-state index contributed by atoms with van der Waals surface area (Å²) in [5.41, 5.74) is 7.34. The molecule has 1 aromatic heterocycles. The summed E-state index contributed by atoms with van der Waals surface area (Å²) >= 11 is 7.57. The van der Waals surface area contributed by atoms with Gasteiger partial charge in [-0.15, -0.1) is 11.3 Å². The van der Waals surface area contributed by atoms with Gasteiger partial charge in [0.2, 0.25) is 0 Å². The summed E-state index contributed by atoms with van der Waals surface area (Å²) in [4.78, 5) is 1.09. The Kier molecular flexibility index (Phi) is 3.28. The number of thiophene rings is 1.